The van der Waals surface area contributed by atoms with Crippen LogP contribution in [0.15, 0.2) is 36.4 Å². The van der Waals surface area contributed by atoms with Crippen molar-refractivity contribution in [2.45, 2.75) is 53.1 Å². The molecule has 2 N–H and O–H groups in total. The van der Waals surface area contributed by atoms with E-state index in [0.717, 1.165) is 12.8 Å². The van der Waals surface area contributed by atoms with Gasteiger partial charge in [0, 0.05) is 18.6 Å². The van der Waals surface area contributed by atoms with E-state index in [2.05, 4.69) is 10.6 Å². The van der Waals surface area contributed by atoms with Gasteiger partial charge >= 0.3 is 5.97 Å². The molecule has 2 amide bonds. The first kappa shape index (κ1) is 24.8. The lowest BCUT2D eigenvalue weighted by Gasteiger charge is -2.22. The topological polar surface area (TPSA) is 93.7 Å². The minimum absolute atomic E-state index is 0.111. The van der Waals surface area contributed by atoms with Crippen LogP contribution in [0.3, 0.4) is 0 Å². The number of hydrogen-bond donors (Lipinski definition) is 2. The molecule has 8 heteroatoms. The maximum absolute atomic E-state index is 13.2. The molecule has 0 aliphatic heterocycles. The molecule has 0 spiro atoms. The maximum atomic E-state index is 13.2. The standard InChI is InChI=1S/C24H29FN2O5/c1-6-7-12-31-21-14-20(26-15(2)28)19(13-18(21)23(30)32-24(3,4)5)27-22(29)16-8-10-17(25)11-9-16/h8-11,13-14H,6-7,12H2,1-5H3,(H,26,28)(H,27,29). The molecule has 0 radical (unpaired) electrons. The lowest BCUT2D eigenvalue weighted by Crippen LogP contribution is -2.25. The molecule has 2 aromatic rings. The number of ether oxygens (including phenoxy) is 2. The zero-order chi connectivity index (χ0) is 23.9. The van der Waals surface area contributed by atoms with Gasteiger partial charge in [0.2, 0.25) is 5.91 Å². The van der Waals surface area contributed by atoms with Gasteiger partial charge in [-0.05, 0) is 57.5 Å². The fourth-order valence-corrected chi connectivity index (χ4v) is 2.71. The molecule has 2 aromatic carbocycles. The number of hydrogen-bond acceptors (Lipinski definition) is 5. The van der Waals surface area contributed by atoms with Crippen LogP contribution in [0.25, 0.3) is 0 Å². The van der Waals surface area contributed by atoms with Crippen LogP contribution in [0, 0.1) is 5.82 Å². The van der Waals surface area contributed by atoms with Gasteiger partial charge in [0.25, 0.3) is 5.91 Å². The van der Waals surface area contributed by atoms with Crippen LogP contribution < -0.4 is 15.4 Å². The first-order valence-corrected chi connectivity index (χ1v) is 10.4. The van der Waals surface area contributed by atoms with Crippen molar-refractivity contribution < 1.29 is 28.2 Å². The molecule has 0 unspecified atom stereocenters. The van der Waals surface area contributed by atoms with Gasteiger partial charge < -0.3 is 20.1 Å². The van der Waals surface area contributed by atoms with Crippen molar-refractivity contribution in [2.24, 2.45) is 0 Å². The van der Waals surface area contributed by atoms with Crippen molar-refractivity contribution in [2.75, 3.05) is 17.2 Å². The summed E-state index contributed by atoms with van der Waals surface area (Å²) >= 11 is 0. The molecule has 0 aliphatic carbocycles. The summed E-state index contributed by atoms with van der Waals surface area (Å²) in [7, 11) is 0. The molecule has 32 heavy (non-hydrogen) atoms. The zero-order valence-electron chi connectivity index (χ0n) is 19.0. The summed E-state index contributed by atoms with van der Waals surface area (Å²) in [4.78, 5) is 37.3. The number of halogens is 1. The monoisotopic (exact) mass is 444 g/mol. The third kappa shape index (κ3) is 7.37. The quantitative estimate of drug-likeness (QED) is 0.433. The predicted molar refractivity (Wildman–Crippen MR) is 121 cm³/mol. The zero-order valence-corrected chi connectivity index (χ0v) is 19.0. The van der Waals surface area contributed by atoms with Crippen molar-refractivity contribution in [1.29, 1.82) is 0 Å². The first-order valence-electron chi connectivity index (χ1n) is 10.4. The number of benzene rings is 2. The van der Waals surface area contributed by atoms with Crippen LogP contribution >= 0.6 is 0 Å². The van der Waals surface area contributed by atoms with E-state index in [-0.39, 0.29) is 34.2 Å². The molecular weight excluding hydrogens is 415 g/mol. The number of anilines is 2. The number of unbranched alkanes of at least 4 members (excludes halogenated alkanes) is 1. The second kappa shape index (κ2) is 10.7. The van der Waals surface area contributed by atoms with Crippen molar-refractivity contribution in [1.82, 2.24) is 0 Å². The molecule has 0 fully saturated rings. The molecule has 0 saturated carbocycles. The summed E-state index contributed by atoms with van der Waals surface area (Å²) < 4.78 is 24.5. The van der Waals surface area contributed by atoms with Gasteiger partial charge in [-0.25, -0.2) is 9.18 Å². The molecule has 2 rings (SSSR count). The Labute approximate surface area is 187 Å². The van der Waals surface area contributed by atoms with Crippen molar-refractivity contribution in [3.05, 3.63) is 53.3 Å². The Hall–Kier alpha value is -3.42. The van der Waals surface area contributed by atoms with Crippen LogP contribution in [0.1, 0.15) is 68.2 Å². The van der Waals surface area contributed by atoms with E-state index >= 15 is 0 Å². The van der Waals surface area contributed by atoms with Crippen LogP contribution in [0.5, 0.6) is 5.75 Å². The lowest BCUT2D eigenvalue weighted by atomic mass is 10.1. The molecule has 0 aliphatic rings. The second-order valence-electron chi connectivity index (χ2n) is 8.24. The Balaban J connectivity index is 2.49. The Bertz CT molecular complexity index is 981. The average molecular weight is 445 g/mol. The molecule has 0 heterocycles. The molecule has 0 bridgehead atoms. The molecule has 7 nitrogen and oxygen atoms in total. The van der Waals surface area contributed by atoms with Crippen LogP contribution in [-0.4, -0.2) is 30.0 Å². The average Bonchev–Trinajstić information content (AvgIpc) is 2.68. The summed E-state index contributed by atoms with van der Waals surface area (Å²) in [6, 6.07) is 7.89. The summed E-state index contributed by atoms with van der Waals surface area (Å²) in [5.74, 6) is -1.77. The van der Waals surface area contributed by atoms with Gasteiger partial charge in [-0.2, -0.15) is 0 Å². The van der Waals surface area contributed by atoms with Gasteiger partial charge in [-0.15, -0.1) is 0 Å². The lowest BCUT2D eigenvalue weighted by molar-refractivity contribution is -0.114. The molecular formula is C24H29FN2O5. The van der Waals surface area contributed by atoms with Crippen LogP contribution in [0.2, 0.25) is 0 Å². The number of carbonyl (C=O) groups excluding carboxylic acids is 3. The summed E-state index contributed by atoms with van der Waals surface area (Å²) in [6.07, 6.45) is 1.67. The van der Waals surface area contributed by atoms with Gasteiger partial charge in [0.05, 0.1) is 18.0 Å². The highest BCUT2D eigenvalue weighted by Crippen LogP contribution is 2.33. The number of nitrogens with one attached hydrogen (secondary N) is 2. The highest BCUT2D eigenvalue weighted by atomic mass is 19.1. The van der Waals surface area contributed by atoms with Gasteiger partial charge in [-0.3, -0.25) is 9.59 Å². The number of rotatable bonds is 8. The minimum Gasteiger partial charge on any atom is -0.493 e. The predicted octanol–water partition coefficient (Wildman–Crippen LogP) is 5.17. The number of esters is 1. The Morgan fingerprint density at radius 3 is 2.19 bits per heavy atom. The summed E-state index contributed by atoms with van der Waals surface area (Å²) in [5, 5.41) is 5.30. The second-order valence-corrected chi connectivity index (χ2v) is 8.24. The molecule has 0 atom stereocenters. The van der Waals surface area contributed by atoms with Crippen LogP contribution in [0.4, 0.5) is 15.8 Å². The van der Waals surface area contributed by atoms with Gasteiger partial charge in [0.15, 0.2) is 0 Å². The largest absolute Gasteiger partial charge is 0.493 e. The van der Waals surface area contributed by atoms with Gasteiger partial charge in [0.1, 0.15) is 22.7 Å². The van der Waals surface area contributed by atoms with E-state index in [4.69, 9.17) is 9.47 Å². The maximum Gasteiger partial charge on any atom is 0.342 e. The number of carbonyl (C=O) groups is 3. The highest BCUT2D eigenvalue weighted by molar-refractivity contribution is 6.08. The SMILES string of the molecule is CCCCOc1cc(NC(C)=O)c(NC(=O)c2ccc(F)cc2)cc1C(=O)OC(C)(C)C. The fraction of sp³-hybridized carbons (Fsp3) is 0.375. The van der Waals surface area contributed by atoms with E-state index < -0.39 is 23.3 Å². The normalized spacial score (nSPS) is 10.9. The van der Waals surface area contributed by atoms with E-state index in [0.29, 0.717) is 6.61 Å². The van der Waals surface area contributed by atoms with Crippen molar-refractivity contribution >= 4 is 29.2 Å². The molecule has 0 aromatic heterocycles. The Morgan fingerprint density at radius 2 is 1.62 bits per heavy atom. The summed E-state index contributed by atoms with van der Waals surface area (Å²) in [5.41, 5.74) is 0.0118. The van der Waals surface area contributed by atoms with E-state index in [1.54, 1.807) is 20.8 Å². The van der Waals surface area contributed by atoms with Gasteiger partial charge in [-0.1, -0.05) is 13.3 Å². The first-order chi connectivity index (χ1) is 15.0. The third-order valence-corrected chi connectivity index (χ3v) is 4.16. The Morgan fingerprint density at radius 1 is 1.00 bits per heavy atom. The Kier molecular flexibility index (Phi) is 8.34. The highest BCUT2D eigenvalue weighted by Gasteiger charge is 2.24. The molecule has 0 saturated heterocycles. The molecule has 172 valence electrons. The van der Waals surface area contributed by atoms with E-state index in [1.165, 1.54) is 43.3 Å². The van der Waals surface area contributed by atoms with Crippen LogP contribution in [-0.2, 0) is 9.53 Å². The number of amides is 2. The van der Waals surface area contributed by atoms with Crippen molar-refractivity contribution in [3.8, 4) is 5.75 Å². The smallest absolute Gasteiger partial charge is 0.342 e. The van der Waals surface area contributed by atoms with E-state index in [1.807, 2.05) is 6.92 Å². The third-order valence-electron chi connectivity index (χ3n) is 4.16. The fourth-order valence-electron chi connectivity index (χ4n) is 2.71. The summed E-state index contributed by atoms with van der Waals surface area (Å²) in [6.45, 7) is 8.93. The van der Waals surface area contributed by atoms with E-state index in [9.17, 15) is 18.8 Å². The van der Waals surface area contributed by atoms with Crippen molar-refractivity contribution in [3.63, 3.8) is 0 Å². The minimum atomic E-state index is -0.744.